The van der Waals surface area contributed by atoms with E-state index in [1.807, 2.05) is 0 Å². The van der Waals surface area contributed by atoms with Crippen LogP contribution in [0.25, 0.3) is 0 Å². The summed E-state index contributed by atoms with van der Waals surface area (Å²) in [5, 5.41) is 0. The van der Waals surface area contributed by atoms with Crippen LogP contribution in [0.3, 0.4) is 0 Å². The summed E-state index contributed by atoms with van der Waals surface area (Å²) in [5.41, 5.74) is 0.684. The summed E-state index contributed by atoms with van der Waals surface area (Å²) in [6.45, 7) is 0.250. The zero-order chi connectivity index (χ0) is 7.84. The Morgan fingerprint density at radius 2 is 2.36 bits per heavy atom. The molecule has 0 bridgehead atoms. The fourth-order valence-corrected chi connectivity index (χ4v) is 1.88. The predicted octanol–water partition coefficient (Wildman–Crippen LogP) is 1.38. The molecule has 1 aliphatic heterocycles. The predicted molar refractivity (Wildman–Crippen MR) is 37.6 cm³/mol. The van der Waals surface area contributed by atoms with E-state index in [1.54, 1.807) is 0 Å². The zero-order valence-corrected chi connectivity index (χ0v) is 6.36. The molecule has 0 amide bonds. The van der Waals surface area contributed by atoms with Gasteiger partial charge in [0, 0.05) is 5.56 Å². The summed E-state index contributed by atoms with van der Waals surface area (Å²) in [5.74, 6) is -0.314. The minimum absolute atomic E-state index is 0.250. The number of hydrogen-bond donors (Lipinski definition) is 0. The molecule has 11 heavy (non-hydrogen) atoms. The lowest BCUT2D eigenvalue weighted by Gasteiger charge is -1.92. The average Bonchev–Trinajstić information content (AvgIpc) is 2.32. The Bertz CT molecular complexity index is 324. The summed E-state index contributed by atoms with van der Waals surface area (Å²) < 4.78 is 28.3. The zero-order valence-electron chi connectivity index (χ0n) is 5.54. The number of rotatable bonds is 0. The van der Waals surface area contributed by atoms with Gasteiger partial charge in [-0.2, -0.15) is 0 Å². The molecule has 58 valence electrons. The minimum atomic E-state index is -1.37. The highest BCUT2D eigenvalue weighted by atomic mass is 32.2. The van der Waals surface area contributed by atoms with E-state index in [9.17, 15) is 8.60 Å². The first kappa shape index (κ1) is 6.94. The van der Waals surface area contributed by atoms with Gasteiger partial charge >= 0.3 is 0 Å². The summed E-state index contributed by atoms with van der Waals surface area (Å²) in [7, 11) is 0. The maximum absolute atomic E-state index is 12.5. The van der Waals surface area contributed by atoms with E-state index in [0.29, 0.717) is 10.5 Å². The molecule has 1 aliphatic rings. The van der Waals surface area contributed by atoms with E-state index in [4.69, 9.17) is 4.18 Å². The van der Waals surface area contributed by atoms with Gasteiger partial charge in [-0.25, -0.2) is 8.60 Å². The van der Waals surface area contributed by atoms with Gasteiger partial charge in [0.15, 0.2) is 11.1 Å². The fraction of sp³-hybridized carbons (Fsp3) is 0.143. The van der Waals surface area contributed by atoms with Crippen molar-refractivity contribution in [1.82, 2.24) is 0 Å². The van der Waals surface area contributed by atoms with Crippen LogP contribution in [-0.4, -0.2) is 4.21 Å². The van der Waals surface area contributed by atoms with Gasteiger partial charge in [-0.1, -0.05) is 0 Å². The van der Waals surface area contributed by atoms with E-state index in [-0.39, 0.29) is 12.4 Å². The molecule has 1 aromatic rings. The van der Waals surface area contributed by atoms with Crippen molar-refractivity contribution in [3.8, 4) is 0 Å². The van der Waals surface area contributed by atoms with Crippen LogP contribution in [0, 0.1) is 5.82 Å². The van der Waals surface area contributed by atoms with Crippen LogP contribution < -0.4 is 0 Å². The molecule has 2 rings (SSSR count). The van der Waals surface area contributed by atoms with E-state index >= 15 is 0 Å². The number of benzene rings is 1. The van der Waals surface area contributed by atoms with Gasteiger partial charge in [0.2, 0.25) is 0 Å². The fourth-order valence-electron chi connectivity index (χ4n) is 1.00. The molecule has 0 saturated heterocycles. The van der Waals surface area contributed by atoms with Gasteiger partial charge < -0.3 is 0 Å². The van der Waals surface area contributed by atoms with E-state index in [0.717, 1.165) is 0 Å². The third-order valence-corrected chi connectivity index (χ3v) is 2.61. The molecule has 1 heterocycles. The molecule has 0 radical (unpaired) electrons. The molecule has 0 saturated carbocycles. The number of halogens is 1. The standard InChI is InChI=1S/C7H5FO2S/c8-6-1-2-7-5(3-6)4-10-11(7)9/h1-3H,4H2. The van der Waals surface area contributed by atoms with Crippen molar-refractivity contribution in [2.45, 2.75) is 11.5 Å². The summed E-state index contributed by atoms with van der Waals surface area (Å²) in [6.07, 6.45) is 0. The highest BCUT2D eigenvalue weighted by molar-refractivity contribution is 7.80. The van der Waals surface area contributed by atoms with E-state index in [2.05, 4.69) is 0 Å². The molecule has 1 aromatic carbocycles. The van der Waals surface area contributed by atoms with Crippen LogP contribution >= 0.6 is 0 Å². The number of hydrogen-bond acceptors (Lipinski definition) is 2. The SMILES string of the molecule is O=S1OCc2cc(F)ccc21. The highest BCUT2D eigenvalue weighted by Crippen LogP contribution is 2.23. The molecule has 4 heteroatoms. The monoisotopic (exact) mass is 172 g/mol. The molecule has 1 unspecified atom stereocenters. The summed E-state index contributed by atoms with van der Waals surface area (Å²) in [4.78, 5) is 0.589. The van der Waals surface area contributed by atoms with Crippen LogP contribution in [-0.2, 0) is 21.9 Å². The third kappa shape index (κ3) is 1.08. The van der Waals surface area contributed by atoms with Gasteiger partial charge in [0.1, 0.15) is 5.82 Å². The minimum Gasteiger partial charge on any atom is -0.282 e. The largest absolute Gasteiger partial charge is 0.282 e. The van der Waals surface area contributed by atoms with Crippen molar-refractivity contribution < 1.29 is 12.8 Å². The van der Waals surface area contributed by atoms with Crippen molar-refractivity contribution in [3.05, 3.63) is 29.6 Å². The maximum Gasteiger partial charge on any atom is 0.189 e. The van der Waals surface area contributed by atoms with Crippen molar-refractivity contribution >= 4 is 11.1 Å². The van der Waals surface area contributed by atoms with E-state index in [1.165, 1.54) is 18.2 Å². The molecule has 2 nitrogen and oxygen atoms in total. The Morgan fingerprint density at radius 1 is 1.55 bits per heavy atom. The molecule has 1 atom stereocenters. The van der Waals surface area contributed by atoms with Crippen LogP contribution in [0.5, 0.6) is 0 Å². The quantitative estimate of drug-likeness (QED) is 0.591. The van der Waals surface area contributed by atoms with Crippen molar-refractivity contribution in [2.24, 2.45) is 0 Å². The Hall–Kier alpha value is -0.740. The van der Waals surface area contributed by atoms with Gasteiger partial charge in [0.05, 0.1) is 11.5 Å². The third-order valence-electron chi connectivity index (χ3n) is 1.52. The molecular formula is C7H5FO2S. The van der Waals surface area contributed by atoms with Gasteiger partial charge in [-0.3, -0.25) is 4.18 Å². The second kappa shape index (κ2) is 2.39. The summed E-state index contributed by atoms with van der Waals surface area (Å²) >= 11 is -1.37. The maximum atomic E-state index is 12.5. The lowest BCUT2D eigenvalue weighted by atomic mass is 10.2. The molecule has 0 fully saturated rings. The van der Waals surface area contributed by atoms with Crippen LogP contribution in [0.15, 0.2) is 23.1 Å². The first-order valence-electron chi connectivity index (χ1n) is 3.11. The first-order chi connectivity index (χ1) is 5.27. The lowest BCUT2D eigenvalue weighted by Crippen LogP contribution is -1.84. The highest BCUT2D eigenvalue weighted by Gasteiger charge is 2.18. The van der Waals surface area contributed by atoms with Crippen LogP contribution in [0.2, 0.25) is 0 Å². The smallest absolute Gasteiger partial charge is 0.189 e. The molecule has 0 aromatic heterocycles. The molecular weight excluding hydrogens is 167 g/mol. The van der Waals surface area contributed by atoms with Crippen molar-refractivity contribution in [3.63, 3.8) is 0 Å². The average molecular weight is 172 g/mol. The Morgan fingerprint density at radius 3 is 3.18 bits per heavy atom. The second-order valence-corrected chi connectivity index (χ2v) is 3.39. The molecule has 0 spiro atoms. The number of fused-ring (bicyclic) bond motifs is 1. The topological polar surface area (TPSA) is 26.3 Å². The summed E-state index contributed by atoms with van der Waals surface area (Å²) in [6, 6.07) is 4.12. The van der Waals surface area contributed by atoms with Crippen LogP contribution in [0.4, 0.5) is 4.39 Å². The Balaban J connectivity index is 2.59. The van der Waals surface area contributed by atoms with Crippen molar-refractivity contribution in [2.75, 3.05) is 0 Å². The molecule has 0 N–H and O–H groups in total. The second-order valence-electron chi connectivity index (χ2n) is 2.25. The normalized spacial score (nSPS) is 21.7. The Kier molecular flexibility index (Phi) is 1.51. The first-order valence-corrected chi connectivity index (χ1v) is 4.18. The van der Waals surface area contributed by atoms with Crippen molar-refractivity contribution in [1.29, 1.82) is 0 Å². The van der Waals surface area contributed by atoms with Gasteiger partial charge in [-0.05, 0) is 18.2 Å². The lowest BCUT2D eigenvalue weighted by molar-refractivity contribution is 0.355. The van der Waals surface area contributed by atoms with Crippen LogP contribution in [0.1, 0.15) is 5.56 Å². The molecule has 0 aliphatic carbocycles. The van der Waals surface area contributed by atoms with Gasteiger partial charge in [-0.15, -0.1) is 0 Å². The van der Waals surface area contributed by atoms with E-state index < -0.39 is 11.1 Å². The van der Waals surface area contributed by atoms with Gasteiger partial charge in [0.25, 0.3) is 0 Å². The Labute approximate surface area is 65.7 Å².